The van der Waals surface area contributed by atoms with Gasteiger partial charge in [-0.3, -0.25) is 4.90 Å². The molecule has 1 aromatic carbocycles. The number of aromatic nitrogens is 4. The predicted octanol–water partition coefficient (Wildman–Crippen LogP) is 4.95. The maximum atomic E-state index is 4.52. The molecule has 0 amide bonds. The molecular weight excluding hydrogens is 520 g/mol. The maximum absolute atomic E-state index is 4.52. The number of piperazine rings is 1. The van der Waals surface area contributed by atoms with Gasteiger partial charge in [-0.25, -0.2) is 14.6 Å². The molecule has 0 aliphatic carbocycles. The van der Waals surface area contributed by atoms with E-state index in [0.717, 1.165) is 64.3 Å². The number of benzene rings is 1. The van der Waals surface area contributed by atoms with E-state index in [4.69, 9.17) is 0 Å². The number of nitrogens with zero attached hydrogens (tertiary/aromatic N) is 6. The van der Waals surface area contributed by atoms with Crippen LogP contribution >= 0.6 is 31.9 Å². The van der Waals surface area contributed by atoms with Gasteiger partial charge in [-0.05, 0) is 76.9 Å². The Morgan fingerprint density at radius 1 is 0.935 bits per heavy atom. The summed E-state index contributed by atoms with van der Waals surface area (Å²) < 4.78 is 4.00. The molecule has 0 saturated carbocycles. The molecule has 8 heteroatoms. The summed E-state index contributed by atoms with van der Waals surface area (Å²) in [5, 5.41) is 4.50. The van der Waals surface area contributed by atoms with Gasteiger partial charge in [0, 0.05) is 64.3 Å². The number of halogens is 2. The summed E-state index contributed by atoms with van der Waals surface area (Å²) in [7, 11) is 0. The van der Waals surface area contributed by atoms with Crippen LogP contribution in [0.5, 0.6) is 0 Å². The zero-order valence-corrected chi connectivity index (χ0v) is 21.2. The molecule has 1 aliphatic heterocycles. The Hall–Kier alpha value is -2.03. The van der Waals surface area contributed by atoms with Crippen molar-refractivity contribution in [2.24, 2.45) is 0 Å². The largest absolute Gasteiger partial charge is 0.369 e. The third-order valence-corrected chi connectivity index (χ3v) is 7.39. The second-order valence-electron chi connectivity index (χ2n) is 7.84. The van der Waals surface area contributed by atoms with E-state index in [1.54, 1.807) is 0 Å². The number of aryl methyl sites for hydroxylation is 2. The SMILES string of the molecule is Cc1cc(C)nc(-n2ncc(/C=C/CN3CCN(c4ccc(Br)c(Br)c4)CC3)c2C)n1. The summed E-state index contributed by atoms with van der Waals surface area (Å²) in [6.07, 6.45) is 6.26. The smallest absolute Gasteiger partial charge is 0.251 e. The fraction of sp³-hybridized carbons (Fsp3) is 0.348. The van der Waals surface area contributed by atoms with E-state index in [-0.39, 0.29) is 0 Å². The van der Waals surface area contributed by atoms with Crippen molar-refractivity contribution < 1.29 is 0 Å². The van der Waals surface area contributed by atoms with Crippen LogP contribution in [0.3, 0.4) is 0 Å². The summed E-state index contributed by atoms with van der Waals surface area (Å²) in [6, 6.07) is 8.42. The fourth-order valence-corrected chi connectivity index (χ4v) is 4.40. The first-order chi connectivity index (χ1) is 14.9. The van der Waals surface area contributed by atoms with Crippen LogP contribution < -0.4 is 4.90 Å². The molecular formula is C23H26Br2N6. The van der Waals surface area contributed by atoms with Crippen LogP contribution in [0.15, 0.2) is 45.5 Å². The molecule has 1 saturated heterocycles. The van der Waals surface area contributed by atoms with Gasteiger partial charge < -0.3 is 4.90 Å². The predicted molar refractivity (Wildman–Crippen MR) is 133 cm³/mol. The third kappa shape index (κ3) is 5.25. The van der Waals surface area contributed by atoms with Gasteiger partial charge in [0.2, 0.25) is 0 Å². The van der Waals surface area contributed by atoms with Crippen LogP contribution in [0, 0.1) is 20.8 Å². The summed E-state index contributed by atoms with van der Waals surface area (Å²) in [5.74, 6) is 0.630. The lowest BCUT2D eigenvalue weighted by Gasteiger charge is -2.35. The minimum absolute atomic E-state index is 0.630. The van der Waals surface area contributed by atoms with Gasteiger partial charge >= 0.3 is 0 Å². The molecule has 1 aliphatic rings. The Kier molecular flexibility index (Phi) is 6.89. The summed E-state index contributed by atoms with van der Waals surface area (Å²) in [6.45, 7) is 11.1. The van der Waals surface area contributed by atoms with Gasteiger partial charge in [0.1, 0.15) is 0 Å². The first kappa shape index (κ1) is 22.2. The molecule has 6 nitrogen and oxygen atoms in total. The lowest BCUT2D eigenvalue weighted by Crippen LogP contribution is -2.46. The minimum atomic E-state index is 0.630. The molecule has 0 N–H and O–H groups in total. The zero-order chi connectivity index (χ0) is 22.0. The maximum Gasteiger partial charge on any atom is 0.251 e. The van der Waals surface area contributed by atoms with Gasteiger partial charge in [0.05, 0.1) is 11.9 Å². The van der Waals surface area contributed by atoms with E-state index in [1.165, 1.54) is 5.69 Å². The molecule has 4 rings (SSSR count). The van der Waals surface area contributed by atoms with Crippen molar-refractivity contribution in [2.75, 3.05) is 37.6 Å². The Morgan fingerprint density at radius 3 is 2.32 bits per heavy atom. The molecule has 0 spiro atoms. The number of hydrogen-bond acceptors (Lipinski definition) is 5. The second kappa shape index (κ2) is 9.63. The first-order valence-electron chi connectivity index (χ1n) is 10.4. The Morgan fingerprint density at radius 2 is 1.65 bits per heavy atom. The molecule has 0 bridgehead atoms. The second-order valence-corrected chi connectivity index (χ2v) is 9.54. The van der Waals surface area contributed by atoms with Crippen molar-refractivity contribution in [1.29, 1.82) is 0 Å². The first-order valence-corrected chi connectivity index (χ1v) is 12.0. The van der Waals surface area contributed by atoms with Crippen molar-refractivity contribution in [1.82, 2.24) is 24.6 Å². The van der Waals surface area contributed by atoms with E-state index in [2.05, 4.69) is 94.0 Å². The van der Waals surface area contributed by atoms with Gasteiger partial charge in [-0.15, -0.1) is 0 Å². The summed E-state index contributed by atoms with van der Waals surface area (Å²) >= 11 is 7.14. The van der Waals surface area contributed by atoms with E-state index in [1.807, 2.05) is 30.8 Å². The lowest BCUT2D eigenvalue weighted by molar-refractivity contribution is 0.284. The summed E-state index contributed by atoms with van der Waals surface area (Å²) in [5.41, 5.74) is 5.31. The van der Waals surface area contributed by atoms with Crippen LogP contribution in [-0.4, -0.2) is 57.4 Å². The van der Waals surface area contributed by atoms with Crippen molar-refractivity contribution >= 4 is 43.6 Å². The molecule has 162 valence electrons. The highest BCUT2D eigenvalue weighted by atomic mass is 79.9. The van der Waals surface area contributed by atoms with Crippen LogP contribution in [0.25, 0.3) is 12.0 Å². The van der Waals surface area contributed by atoms with Crippen molar-refractivity contribution in [3.63, 3.8) is 0 Å². The van der Waals surface area contributed by atoms with Crippen molar-refractivity contribution in [3.8, 4) is 5.95 Å². The number of anilines is 1. The van der Waals surface area contributed by atoms with E-state index >= 15 is 0 Å². The molecule has 3 heterocycles. The lowest BCUT2D eigenvalue weighted by atomic mass is 10.2. The highest BCUT2D eigenvalue weighted by Crippen LogP contribution is 2.28. The van der Waals surface area contributed by atoms with Crippen molar-refractivity contribution in [3.05, 3.63) is 68.1 Å². The number of rotatable bonds is 5. The monoisotopic (exact) mass is 544 g/mol. The molecule has 0 unspecified atom stereocenters. The zero-order valence-electron chi connectivity index (χ0n) is 18.0. The van der Waals surface area contributed by atoms with Gasteiger partial charge in [0.25, 0.3) is 5.95 Å². The standard InChI is InChI=1S/C23H26Br2N6/c1-16-13-17(2)28-23(27-16)31-18(3)19(15-26-31)5-4-8-29-9-11-30(12-10-29)20-6-7-21(24)22(25)14-20/h4-7,13-15H,8-12H2,1-3H3/b5-4+. The van der Waals surface area contributed by atoms with Gasteiger partial charge in [-0.2, -0.15) is 5.10 Å². The molecule has 3 aromatic rings. The van der Waals surface area contributed by atoms with Gasteiger partial charge in [0.15, 0.2) is 0 Å². The van der Waals surface area contributed by atoms with Crippen LogP contribution in [0.1, 0.15) is 22.6 Å². The third-order valence-electron chi connectivity index (χ3n) is 5.51. The normalized spacial score (nSPS) is 15.2. The molecule has 1 fully saturated rings. The Bertz CT molecular complexity index is 1080. The number of hydrogen-bond donors (Lipinski definition) is 0. The topological polar surface area (TPSA) is 50.1 Å². The molecule has 0 atom stereocenters. The van der Waals surface area contributed by atoms with Crippen LogP contribution in [0.2, 0.25) is 0 Å². The molecule has 31 heavy (non-hydrogen) atoms. The average Bonchev–Trinajstić information content (AvgIpc) is 3.10. The van der Waals surface area contributed by atoms with Crippen LogP contribution in [0.4, 0.5) is 5.69 Å². The average molecular weight is 546 g/mol. The Balaban J connectivity index is 1.34. The molecule has 2 aromatic heterocycles. The highest BCUT2D eigenvalue weighted by molar-refractivity contribution is 9.13. The quantitative estimate of drug-likeness (QED) is 0.454. The fourth-order valence-electron chi connectivity index (χ4n) is 3.79. The highest BCUT2D eigenvalue weighted by Gasteiger charge is 2.17. The summed E-state index contributed by atoms with van der Waals surface area (Å²) in [4.78, 5) is 14.0. The van der Waals surface area contributed by atoms with E-state index in [9.17, 15) is 0 Å². The van der Waals surface area contributed by atoms with E-state index in [0.29, 0.717) is 5.95 Å². The molecule has 0 radical (unpaired) electrons. The Labute approximate surface area is 200 Å². The van der Waals surface area contributed by atoms with Crippen molar-refractivity contribution in [2.45, 2.75) is 20.8 Å². The van der Waals surface area contributed by atoms with Crippen LogP contribution in [-0.2, 0) is 0 Å². The van der Waals surface area contributed by atoms with E-state index < -0.39 is 0 Å². The minimum Gasteiger partial charge on any atom is -0.369 e. The van der Waals surface area contributed by atoms with Gasteiger partial charge in [-0.1, -0.05) is 12.2 Å².